The number of nitrogens with one attached hydrogen (secondary N) is 2. The second-order valence-corrected chi connectivity index (χ2v) is 4.44. The monoisotopic (exact) mass is 269 g/mol. The molecule has 5 heteroatoms. The summed E-state index contributed by atoms with van der Waals surface area (Å²) in [6.07, 6.45) is 2.62. The Morgan fingerprint density at radius 2 is 2.47 bits per heavy atom. The number of nitrogens with zero attached hydrogens (tertiary/aromatic N) is 1. The summed E-state index contributed by atoms with van der Waals surface area (Å²) in [5.74, 6) is -0.101. The molecule has 0 unspecified atom stereocenters. The van der Waals surface area contributed by atoms with Gasteiger partial charge in [0.1, 0.15) is 5.69 Å². The SMILES string of the molecule is O=C(N[C@@H]1CCNC1)c1ccc(Br)cn1. The highest BCUT2D eigenvalue weighted by molar-refractivity contribution is 9.10. The van der Waals surface area contributed by atoms with E-state index in [4.69, 9.17) is 0 Å². The van der Waals surface area contributed by atoms with Gasteiger partial charge in [0.2, 0.25) is 0 Å². The van der Waals surface area contributed by atoms with Gasteiger partial charge in [-0.05, 0) is 41.0 Å². The smallest absolute Gasteiger partial charge is 0.270 e. The number of pyridine rings is 1. The zero-order valence-electron chi connectivity index (χ0n) is 8.16. The second-order valence-electron chi connectivity index (χ2n) is 3.52. The van der Waals surface area contributed by atoms with Crippen LogP contribution in [0.1, 0.15) is 16.9 Å². The molecule has 4 nitrogen and oxygen atoms in total. The summed E-state index contributed by atoms with van der Waals surface area (Å²) < 4.78 is 0.876. The van der Waals surface area contributed by atoms with E-state index >= 15 is 0 Å². The molecule has 0 radical (unpaired) electrons. The number of carbonyl (C=O) groups excluding carboxylic acids is 1. The summed E-state index contributed by atoms with van der Waals surface area (Å²) in [4.78, 5) is 15.7. The molecule has 2 heterocycles. The maximum atomic E-state index is 11.7. The number of carbonyl (C=O) groups is 1. The van der Waals surface area contributed by atoms with E-state index in [1.165, 1.54) is 0 Å². The zero-order chi connectivity index (χ0) is 10.7. The van der Waals surface area contributed by atoms with Crippen LogP contribution in [0.15, 0.2) is 22.8 Å². The number of aromatic nitrogens is 1. The van der Waals surface area contributed by atoms with Crippen molar-refractivity contribution in [2.24, 2.45) is 0 Å². The number of amides is 1. The van der Waals surface area contributed by atoms with E-state index in [1.807, 2.05) is 6.07 Å². The molecule has 0 aliphatic carbocycles. The molecule has 1 aliphatic rings. The first kappa shape index (κ1) is 10.6. The van der Waals surface area contributed by atoms with Crippen molar-refractivity contribution < 1.29 is 4.79 Å². The van der Waals surface area contributed by atoms with E-state index in [0.717, 1.165) is 24.0 Å². The van der Waals surface area contributed by atoms with Crippen LogP contribution in [0.5, 0.6) is 0 Å². The lowest BCUT2D eigenvalue weighted by Crippen LogP contribution is -2.36. The van der Waals surface area contributed by atoms with Gasteiger partial charge < -0.3 is 10.6 Å². The van der Waals surface area contributed by atoms with Gasteiger partial charge >= 0.3 is 0 Å². The zero-order valence-corrected chi connectivity index (χ0v) is 9.75. The van der Waals surface area contributed by atoms with Crippen molar-refractivity contribution in [3.05, 3.63) is 28.5 Å². The van der Waals surface area contributed by atoms with Gasteiger partial charge in [0.15, 0.2) is 0 Å². The Kier molecular flexibility index (Phi) is 3.33. The third-order valence-electron chi connectivity index (χ3n) is 2.36. The van der Waals surface area contributed by atoms with Gasteiger partial charge in [0, 0.05) is 23.3 Å². The van der Waals surface area contributed by atoms with Gasteiger partial charge in [-0.25, -0.2) is 4.98 Å². The number of rotatable bonds is 2. The Hall–Kier alpha value is -0.940. The third kappa shape index (κ3) is 2.76. The Morgan fingerprint density at radius 1 is 1.60 bits per heavy atom. The van der Waals surface area contributed by atoms with Crippen molar-refractivity contribution in [2.45, 2.75) is 12.5 Å². The summed E-state index contributed by atoms with van der Waals surface area (Å²) in [5.41, 5.74) is 0.463. The van der Waals surface area contributed by atoms with Crippen LogP contribution in [-0.4, -0.2) is 30.0 Å². The third-order valence-corrected chi connectivity index (χ3v) is 2.82. The molecule has 2 N–H and O–H groups in total. The lowest BCUT2D eigenvalue weighted by atomic mass is 10.2. The summed E-state index contributed by atoms with van der Waals surface area (Å²) in [7, 11) is 0. The van der Waals surface area contributed by atoms with Crippen molar-refractivity contribution >= 4 is 21.8 Å². The van der Waals surface area contributed by atoms with E-state index in [0.29, 0.717) is 5.69 Å². The lowest BCUT2D eigenvalue weighted by molar-refractivity contribution is 0.0935. The Balaban J connectivity index is 1.98. The van der Waals surface area contributed by atoms with E-state index in [1.54, 1.807) is 12.3 Å². The summed E-state index contributed by atoms with van der Waals surface area (Å²) in [6, 6.07) is 3.76. The van der Waals surface area contributed by atoms with Gasteiger partial charge in [0.25, 0.3) is 5.91 Å². The summed E-state index contributed by atoms with van der Waals surface area (Å²) in [5, 5.41) is 6.13. The van der Waals surface area contributed by atoms with Gasteiger partial charge in [-0.2, -0.15) is 0 Å². The molecule has 1 aromatic heterocycles. The largest absolute Gasteiger partial charge is 0.347 e. The predicted molar refractivity (Wildman–Crippen MR) is 60.7 cm³/mol. The predicted octanol–water partition coefficient (Wildman–Crippen LogP) is 0.936. The number of halogens is 1. The minimum Gasteiger partial charge on any atom is -0.347 e. The fourth-order valence-electron chi connectivity index (χ4n) is 1.55. The van der Waals surface area contributed by atoms with Crippen LogP contribution in [0.2, 0.25) is 0 Å². The van der Waals surface area contributed by atoms with Crippen LogP contribution in [0.4, 0.5) is 0 Å². The molecular formula is C10H12BrN3O. The topological polar surface area (TPSA) is 54.0 Å². The fraction of sp³-hybridized carbons (Fsp3) is 0.400. The molecule has 1 aliphatic heterocycles. The molecule has 1 saturated heterocycles. The highest BCUT2D eigenvalue weighted by Crippen LogP contribution is 2.07. The Labute approximate surface area is 96.6 Å². The summed E-state index contributed by atoms with van der Waals surface area (Å²) >= 11 is 3.28. The molecule has 0 spiro atoms. The maximum Gasteiger partial charge on any atom is 0.270 e. The van der Waals surface area contributed by atoms with E-state index in [9.17, 15) is 4.79 Å². The fourth-order valence-corrected chi connectivity index (χ4v) is 1.78. The molecule has 0 bridgehead atoms. The first-order valence-electron chi connectivity index (χ1n) is 4.89. The highest BCUT2D eigenvalue weighted by atomic mass is 79.9. The second kappa shape index (κ2) is 4.72. The molecule has 0 saturated carbocycles. The van der Waals surface area contributed by atoms with Gasteiger partial charge in [-0.15, -0.1) is 0 Å². The minimum atomic E-state index is -0.101. The molecule has 0 aromatic carbocycles. The van der Waals surface area contributed by atoms with Crippen LogP contribution in [-0.2, 0) is 0 Å². The molecule has 2 rings (SSSR count). The Morgan fingerprint density at radius 3 is 3.07 bits per heavy atom. The molecule has 1 atom stereocenters. The molecule has 1 amide bonds. The lowest BCUT2D eigenvalue weighted by Gasteiger charge is -2.10. The van der Waals surface area contributed by atoms with E-state index in [2.05, 4.69) is 31.5 Å². The minimum absolute atomic E-state index is 0.101. The van der Waals surface area contributed by atoms with Crippen molar-refractivity contribution in [1.29, 1.82) is 0 Å². The molecule has 1 aromatic rings. The molecular weight excluding hydrogens is 258 g/mol. The van der Waals surface area contributed by atoms with Gasteiger partial charge in [-0.1, -0.05) is 0 Å². The maximum absolute atomic E-state index is 11.7. The average molecular weight is 270 g/mol. The quantitative estimate of drug-likeness (QED) is 0.840. The molecule has 80 valence electrons. The van der Waals surface area contributed by atoms with E-state index in [-0.39, 0.29) is 11.9 Å². The van der Waals surface area contributed by atoms with Crippen LogP contribution >= 0.6 is 15.9 Å². The average Bonchev–Trinajstić information content (AvgIpc) is 2.71. The van der Waals surface area contributed by atoms with Crippen LogP contribution < -0.4 is 10.6 Å². The van der Waals surface area contributed by atoms with Crippen molar-refractivity contribution in [3.63, 3.8) is 0 Å². The number of hydrogen-bond acceptors (Lipinski definition) is 3. The normalized spacial score (nSPS) is 20.2. The van der Waals surface area contributed by atoms with Crippen molar-refractivity contribution in [1.82, 2.24) is 15.6 Å². The first-order chi connectivity index (χ1) is 7.25. The van der Waals surface area contributed by atoms with Crippen molar-refractivity contribution in [2.75, 3.05) is 13.1 Å². The van der Waals surface area contributed by atoms with Crippen LogP contribution in [0, 0.1) is 0 Å². The first-order valence-corrected chi connectivity index (χ1v) is 5.68. The van der Waals surface area contributed by atoms with Crippen LogP contribution in [0.25, 0.3) is 0 Å². The van der Waals surface area contributed by atoms with Gasteiger partial charge in [-0.3, -0.25) is 4.79 Å². The van der Waals surface area contributed by atoms with Crippen LogP contribution in [0.3, 0.4) is 0 Å². The van der Waals surface area contributed by atoms with E-state index < -0.39 is 0 Å². The van der Waals surface area contributed by atoms with Crippen molar-refractivity contribution in [3.8, 4) is 0 Å². The highest BCUT2D eigenvalue weighted by Gasteiger charge is 2.17. The molecule has 1 fully saturated rings. The standard InChI is InChI=1S/C10H12BrN3O/c11-7-1-2-9(13-5-7)10(15)14-8-3-4-12-6-8/h1-2,5,8,12H,3-4,6H2,(H,14,15)/t8-/m1/s1. The number of hydrogen-bond donors (Lipinski definition) is 2. The van der Waals surface area contributed by atoms with Gasteiger partial charge in [0.05, 0.1) is 0 Å². The summed E-state index contributed by atoms with van der Waals surface area (Å²) in [6.45, 7) is 1.82. The molecule has 15 heavy (non-hydrogen) atoms. The Bertz CT molecular complexity index is 346.